The Morgan fingerprint density at radius 1 is 1.05 bits per heavy atom. The van der Waals surface area contributed by atoms with E-state index in [1.807, 2.05) is 30.6 Å². The Bertz CT molecular complexity index is 1230. The van der Waals surface area contributed by atoms with E-state index >= 15 is 0 Å². The SMILES string of the molecule is CCCCCCCCCC(=O)On1cc(C2=CCN(C(C)(C)C)CC2)c2cc(Sc3ccccn3)ccc21. The summed E-state index contributed by atoms with van der Waals surface area (Å²) in [5.74, 6) is -0.162. The van der Waals surface area contributed by atoms with Crippen molar-refractivity contribution in [2.24, 2.45) is 0 Å². The highest BCUT2D eigenvalue weighted by Gasteiger charge is 2.25. The normalized spacial score (nSPS) is 14.6. The quantitative estimate of drug-likeness (QED) is 0.220. The number of unbranched alkanes of at least 4 members (excludes halogenated alkanes) is 6. The maximum absolute atomic E-state index is 12.8. The summed E-state index contributed by atoms with van der Waals surface area (Å²) in [7, 11) is 0. The van der Waals surface area contributed by atoms with Crippen LogP contribution in [0.3, 0.4) is 0 Å². The number of carbonyl (C=O) groups is 1. The predicted molar refractivity (Wildman–Crippen MR) is 158 cm³/mol. The highest BCUT2D eigenvalue weighted by atomic mass is 32.2. The first-order valence-corrected chi connectivity index (χ1v) is 15.1. The van der Waals surface area contributed by atoms with Gasteiger partial charge >= 0.3 is 5.97 Å². The summed E-state index contributed by atoms with van der Waals surface area (Å²) in [4.78, 5) is 26.8. The van der Waals surface area contributed by atoms with E-state index in [0.29, 0.717) is 6.42 Å². The van der Waals surface area contributed by atoms with Crippen LogP contribution in [0.1, 0.15) is 91.0 Å². The number of pyridine rings is 1. The number of hydrogen-bond donors (Lipinski definition) is 0. The Labute approximate surface area is 232 Å². The fourth-order valence-electron chi connectivity index (χ4n) is 5.01. The largest absolute Gasteiger partial charge is 0.337 e. The van der Waals surface area contributed by atoms with Crippen molar-refractivity contribution in [1.82, 2.24) is 14.6 Å². The zero-order chi connectivity index (χ0) is 27.0. The van der Waals surface area contributed by atoms with E-state index in [0.717, 1.165) is 58.7 Å². The highest BCUT2D eigenvalue weighted by molar-refractivity contribution is 7.99. The Hall–Kier alpha value is -2.57. The molecule has 3 heterocycles. The van der Waals surface area contributed by atoms with Crippen LogP contribution in [0.4, 0.5) is 0 Å². The maximum Gasteiger partial charge on any atom is 0.332 e. The van der Waals surface area contributed by atoms with Crippen LogP contribution in [0, 0.1) is 0 Å². The van der Waals surface area contributed by atoms with Gasteiger partial charge in [0.15, 0.2) is 0 Å². The number of hydrogen-bond acceptors (Lipinski definition) is 5. The van der Waals surface area contributed by atoms with E-state index in [1.165, 1.54) is 37.7 Å². The van der Waals surface area contributed by atoms with Crippen molar-refractivity contribution in [2.45, 2.75) is 101 Å². The molecule has 0 aliphatic carbocycles. The molecule has 0 saturated heterocycles. The van der Waals surface area contributed by atoms with Crippen molar-refractivity contribution < 1.29 is 9.63 Å². The predicted octanol–water partition coefficient (Wildman–Crippen LogP) is 8.17. The van der Waals surface area contributed by atoms with Crippen LogP contribution >= 0.6 is 11.8 Å². The number of benzene rings is 1. The second-order valence-electron chi connectivity index (χ2n) is 11.2. The maximum atomic E-state index is 12.8. The van der Waals surface area contributed by atoms with Gasteiger partial charge < -0.3 is 4.84 Å². The molecule has 3 aromatic rings. The zero-order valence-electron chi connectivity index (χ0n) is 23.5. The summed E-state index contributed by atoms with van der Waals surface area (Å²) in [5.41, 5.74) is 3.55. The third-order valence-corrected chi connectivity index (χ3v) is 8.23. The van der Waals surface area contributed by atoms with Gasteiger partial charge in [0.1, 0.15) is 5.03 Å². The molecule has 1 aromatic carbocycles. The lowest BCUT2D eigenvalue weighted by molar-refractivity contribution is -0.143. The monoisotopic (exact) mass is 533 g/mol. The Morgan fingerprint density at radius 2 is 1.84 bits per heavy atom. The molecule has 5 nitrogen and oxygen atoms in total. The smallest absolute Gasteiger partial charge is 0.332 e. The molecule has 0 saturated carbocycles. The van der Waals surface area contributed by atoms with Gasteiger partial charge in [0, 0.05) is 47.1 Å². The van der Waals surface area contributed by atoms with E-state index in [9.17, 15) is 4.79 Å². The first-order valence-electron chi connectivity index (χ1n) is 14.2. The van der Waals surface area contributed by atoms with Gasteiger partial charge in [0.05, 0.1) is 11.7 Å². The minimum Gasteiger partial charge on any atom is -0.337 e. The van der Waals surface area contributed by atoms with Crippen LogP contribution < -0.4 is 4.84 Å². The number of fused-ring (bicyclic) bond motifs is 1. The minimum absolute atomic E-state index is 0.147. The van der Waals surface area contributed by atoms with E-state index in [2.05, 4.69) is 61.9 Å². The van der Waals surface area contributed by atoms with E-state index in [-0.39, 0.29) is 11.5 Å². The van der Waals surface area contributed by atoms with E-state index in [4.69, 9.17) is 4.84 Å². The number of aromatic nitrogens is 2. The van der Waals surface area contributed by atoms with Gasteiger partial charge in [-0.1, -0.05) is 69.4 Å². The Kier molecular flexibility index (Phi) is 10.1. The van der Waals surface area contributed by atoms with E-state index in [1.54, 1.807) is 16.5 Å². The standard InChI is InChI=1S/C32H43N3O2S/c1-5-6-7-8-9-10-11-15-31(36)37-35-24-28(25-18-21-34(22-19-25)32(2,3)4)27-23-26(16-17-29(27)35)38-30-14-12-13-20-33-30/h12-14,16-18,20,23-24H,5-11,15,19,21-22H2,1-4H3. The summed E-state index contributed by atoms with van der Waals surface area (Å²) in [6, 6.07) is 12.3. The van der Waals surface area contributed by atoms with Crippen LogP contribution in [-0.4, -0.2) is 39.2 Å². The molecule has 1 aliphatic heterocycles. The van der Waals surface area contributed by atoms with Gasteiger partial charge in [-0.15, -0.1) is 0 Å². The molecule has 2 aromatic heterocycles. The van der Waals surface area contributed by atoms with Gasteiger partial charge in [-0.25, -0.2) is 9.78 Å². The van der Waals surface area contributed by atoms with E-state index < -0.39 is 0 Å². The van der Waals surface area contributed by atoms with Gasteiger partial charge in [-0.2, -0.15) is 4.73 Å². The molecule has 0 unspecified atom stereocenters. The summed E-state index contributed by atoms with van der Waals surface area (Å²) in [6.07, 6.45) is 15.9. The zero-order valence-corrected chi connectivity index (χ0v) is 24.4. The van der Waals surface area contributed by atoms with Crippen molar-refractivity contribution in [3.63, 3.8) is 0 Å². The molecule has 6 heteroatoms. The van der Waals surface area contributed by atoms with Crippen molar-refractivity contribution in [2.75, 3.05) is 13.1 Å². The lowest BCUT2D eigenvalue weighted by Crippen LogP contribution is -2.43. The second-order valence-corrected chi connectivity index (χ2v) is 12.3. The summed E-state index contributed by atoms with van der Waals surface area (Å²) < 4.78 is 1.69. The van der Waals surface area contributed by atoms with Crippen molar-refractivity contribution >= 4 is 34.2 Å². The molecule has 38 heavy (non-hydrogen) atoms. The van der Waals surface area contributed by atoms with Crippen LogP contribution in [0.5, 0.6) is 0 Å². The second kappa shape index (κ2) is 13.5. The van der Waals surface area contributed by atoms with Gasteiger partial charge in [-0.3, -0.25) is 4.90 Å². The molecule has 0 radical (unpaired) electrons. The Morgan fingerprint density at radius 3 is 2.53 bits per heavy atom. The molecule has 4 rings (SSSR count). The third kappa shape index (κ3) is 7.73. The average Bonchev–Trinajstić information content (AvgIpc) is 3.25. The Balaban J connectivity index is 1.52. The van der Waals surface area contributed by atoms with Gasteiger partial charge in [-0.05, 0) is 69.5 Å². The highest BCUT2D eigenvalue weighted by Crippen LogP contribution is 2.35. The molecule has 0 spiro atoms. The minimum atomic E-state index is -0.162. The average molecular weight is 534 g/mol. The number of carbonyl (C=O) groups excluding carboxylic acids is 1. The van der Waals surface area contributed by atoms with Gasteiger partial charge in [0.2, 0.25) is 0 Å². The van der Waals surface area contributed by atoms with Crippen LogP contribution in [-0.2, 0) is 4.79 Å². The molecular formula is C32H43N3O2S. The lowest BCUT2D eigenvalue weighted by atomic mass is 9.96. The molecule has 1 aliphatic rings. The fourth-order valence-corrected chi connectivity index (χ4v) is 5.82. The summed E-state index contributed by atoms with van der Waals surface area (Å²) in [6.45, 7) is 11.0. The molecule has 204 valence electrons. The van der Waals surface area contributed by atoms with Crippen molar-refractivity contribution in [1.29, 1.82) is 0 Å². The molecule has 0 atom stereocenters. The lowest BCUT2D eigenvalue weighted by Gasteiger charge is -2.37. The third-order valence-electron chi connectivity index (χ3n) is 7.29. The van der Waals surface area contributed by atoms with Crippen LogP contribution in [0.15, 0.2) is 64.8 Å². The van der Waals surface area contributed by atoms with Crippen molar-refractivity contribution in [3.8, 4) is 0 Å². The first-order chi connectivity index (χ1) is 18.3. The molecule has 0 bridgehead atoms. The van der Waals surface area contributed by atoms with Gasteiger partial charge in [0.25, 0.3) is 0 Å². The molecular weight excluding hydrogens is 490 g/mol. The van der Waals surface area contributed by atoms with Crippen LogP contribution in [0.25, 0.3) is 16.5 Å². The van der Waals surface area contributed by atoms with Crippen molar-refractivity contribution in [3.05, 3.63) is 60.4 Å². The van der Waals surface area contributed by atoms with Crippen LogP contribution in [0.2, 0.25) is 0 Å². The number of rotatable bonds is 12. The summed E-state index contributed by atoms with van der Waals surface area (Å²) in [5, 5.41) is 2.08. The molecule has 0 fully saturated rings. The summed E-state index contributed by atoms with van der Waals surface area (Å²) >= 11 is 1.65. The molecule has 0 N–H and O–H groups in total. The number of nitrogens with zero attached hydrogens (tertiary/aromatic N) is 3. The fraction of sp³-hybridized carbons (Fsp3) is 0.500. The molecule has 0 amide bonds. The first kappa shape index (κ1) is 28.4. The topological polar surface area (TPSA) is 47.4 Å².